The van der Waals surface area contributed by atoms with Crippen LogP contribution in [0, 0.1) is 0 Å². The maximum absolute atomic E-state index is 12.8. The van der Waals surface area contributed by atoms with Crippen LogP contribution < -0.4 is 10.6 Å². The fourth-order valence-electron chi connectivity index (χ4n) is 2.25. The number of anilines is 2. The van der Waals surface area contributed by atoms with Gasteiger partial charge in [0, 0.05) is 31.8 Å². The maximum atomic E-state index is 12.8. The van der Waals surface area contributed by atoms with Gasteiger partial charge in [-0.15, -0.1) is 11.8 Å². The van der Waals surface area contributed by atoms with Gasteiger partial charge in [0.25, 0.3) is 5.91 Å². The SMILES string of the molecule is Nc1ccc2c(c1)N(C(=O)c1ccc(Br)cc1Br)CCS2. The monoisotopic (exact) mass is 426 g/mol. The van der Waals surface area contributed by atoms with E-state index >= 15 is 0 Å². The van der Waals surface area contributed by atoms with E-state index in [0.29, 0.717) is 17.8 Å². The van der Waals surface area contributed by atoms with Crippen molar-refractivity contribution in [1.82, 2.24) is 0 Å². The third-order valence-electron chi connectivity index (χ3n) is 3.25. The minimum absolute atomic E-state index is 0.0125. The van der Waals surface area contributed by atoms with Crippen molar-refractivity contribution < 1.29 is 4.79 Å². The lowest BCUT2D eigenvalue weighted by atomic mass is 10.1. The van der Waals surface area contributed by atoms with E-state index in [4.69, 9.17) is 5.73 Å². The van der Waals surface area contributed by atoms with Crippen molar-refractivity contribution in [2.45, 2.75) is 4.90 Å². The number of nitrogens with two attached hydrogens (primary N) is 1. The molecular weight excluding hydrogens is 416 g/mol. The number of nitrogen functional groups attached to an aromatic ring is 1. The molecule has 1 aliphatic rings. The number of carbonyl (C=O) groups is 1. The van der Waals surface area contributed by atoms with E-state index in [2.05, 4.69) is 31.9 Å². The molecule has 1 aliphatic heterocycles. The number of hydrogen-bond acceptors (Lipinski definition) is 3. The van der Waals surface area contributed by atoms with E-state index in [1.54, 1.807) is 16.7 Å². The summed E-state index contributed by atoms with van der Waals surface area (Å²) in [6, 6.07) is 11.3. The van der Waals surface area contributed by atoms with Crippen molar-refractivity contribution in [2.75, 3.05) is 22.9 Å². The molecule has 0 bridgehead atoms. The smallest absolute Gasteiger partial charge is 0.259 e. The van der Waals surface area contributed by atoms with Crippen molar-refractivity contribution in [3.8, 4) is 0 Å². The molecule has 0 aliphatic carbocycles. The molecule has 0 spiro atoms. The Morgan fingerprint density at radius 3 is 2.76 bits per heavy atom. The molecule has 0 aromatic heterocycles. The van der Waals surface area contributed by atoms with Crippen LogP contribution in [0.4, 0.5) is 11.4 Å². The fourth-order valence-corrected chi connectivity index (χ4v) is 4.45. The molecule has 3 rings (SSSR count). The Bertz CT molecular complexity index is 721. The van der Waals surface area contributed by atoms with E-state index in [1.807, 2.05) is 36.4 Å². The van der Waals surface area contributed by atoms with Gasteiger partial charge in [0.2, 0.25) is 0 Å². The average molecular weight is 428 g/mol. The lowest BCUT2D eigenvalue weighted by Gasteiger charge is -2.29. The van der Waals surface area contributed by atoms with E-state index < -0.39 is 0 Å². The van der Waals surface area contributed by atoms with Crippen LogP contribution in [0.1, 0.15) is 10.4 Å². The van der Waals surface area contributed by atoms with E-state index in [0.717, 1.165) is 25.3 Å². The molecule has 0 unspecified atom stereocenters. The number of hydrogen-bond donors (Lipinski definition) is 1. The third-order valence-corrected chi connectivity index (χ3v) is 5.45. The molecule has 0 fully saturated rings. The Kier molecular flexibility index (Phi) is 4.28. The summed E-state index contributed by atoms with van der Waals surface area (Å²) in [5.74, 6) is 0.873. The molecule has 0 saturated heterocycles. The minimum Gasteiger partial charge on any atom is -0.399 e. The topological polar surface area (TPSA) is 46.3 Å². The largest absolute Gasteiger partial charge is 0.399 e. The molecule has 108 valence electrons. The van der Waals surface area contributed by atoms with E-state index in [9.17, 15) is 4.79 Å². The Morgan fingerprint density at radius 1 is 1.19 bits per heavy atom. The van der Waals surface area contributed by atoms with E-state index in [1.165, 1.54) is 0 Å². The summed E-state index contributed by atoms with van der Waals surface area (Å²) in [5.41, 5.74) is 8.09. The van der Waals surface area contributed by atoms with Gasteiger partial charge in [-0.3, -0.25) is 4.79 Å². The summed E-state index contributed by atoms with van der Waals surface area (Å²) in [6.07, 6.45) is 0. The number of amides is 1. The maximum Gasteiger partial charge on any atom is 0.259 e. The highest BCUT2D eigenvalue weighted by molar-refractivity contribution is 9.11. The zero-order chi connectivity index (χ0) is 15.0. The van der Waals surface area contributed by atoms with Crippen molar-refractivity contribution in [1.29, 1.82) is 0 Å². The highest BCUT2D eigenvalue weighted by Gasteiger charge is 2.25. The summed E-state index contributed by atoms with van der Waals surface area (Å²) >= 11 is 8.62. The summed E-state index contributed by atoms with van der Waals surface area (Å²) in [4.78, 5) is 15.7. The second kappa shape index (κ2) is 6.02. The molecule has 2 aromatic rings. The molecule has 0 radical (unpaired) electrons. The van der Waals surface area contributed by atoms with Gasteiger partial charge >= 0.3 is 0 Å². The molecule has 0 atom stereocenters. The van der Waals surface area contributed by atoms with Gasteiger partial charge in [-0.25, -0.2) is 0 Å². The normalized spacial score (nSPS) is 13.9. The summed E-state index contributed by atoms with van der Waals surface area (Å²) in [5, 5.41) is 0. The van der Waals surface area contributed by atoms with Crippen molar-refractivity contribution in [3.05, 3.63) is 50.9 Å². The molecule has 3 nitrogen and oxygen atoms in total. The summed E-state index contributed by atoms with van der Waals surface area (Å²) < 4.78 is 1.72. The van der Waals surface area contributed by atoms with Crippen LogP contribution in [0.15, 0.2) is 50.2 Å². The number of fused-ring (bicyclic) bond motifs is 1. The van der Waals surface area contributed by atoms with Crippen LogP contribution in [-0.2, 0) is 0 Å². The van der Waals surface area contributed by atoms with Gasteiger partial charge in [0.1, 0.15) is 0 Å². The molecule has 1 heterocycles. The summed E-state index contributed by atoms with van der Waals surface area (Å²) in [7, 11) is 0. The molecule has 1 amide bonds. The van der Waals surface area contributed by atoms with Gasteiger partial charge in [0.05, 0.1) is 11.3 Å². The van der Waals surface area contributed by atoms with Gasteiger partial charge in [0.15, 0.2) is 0 Å². The van der Waals surface area contributed by atoms with Gasteiger partial charge in [-0.1, -0.05) is 15.9 Å². The molecule has 0 saturated carbocycles. The predicted octanol–water partition coefficient (Wildman–Crippen LogP) is 4.55. The average Bonchev–Trinajstić information content (AvgIpc) is 2.46. The standard InChI is InChI=1S/C15H12Br2N2OS/c16-9-1-3-11(12(17)7-9)15(20)19-5-6-21-14-4-2-10(18)8-13(14)19/h1-4,7-8H,5-6,18H2. The Balaban J connectivity index is 2.02. The Labute approximate surface area is 144 Å². The van der Waals surface area contributed by atoms with Gasteiger partial charge < -0.3 is 10.6 Å². The minimum atomic E-state index is -0.0125. The molecule has 2 N–H and O–H groups in total. The number of rotatable bonds is 1. The Hall–Kier alpha value is -0.980. The van der Waals surface area contributed by atoms with Crippen LogP contribution in [0.3, 0.4) is 0 Å². The zero-order valence-electron chi connectivity index (χ0n) is 11.0. The van der Waals surface area contributed by atoms with Crippen molar-refractivity contribution in [2.24, 2.45) is 0 Å². The molecule has 21 heavy (non-hydrogen) atoms. The van der Waals surface area contributed by atoms with Crippen LogP contribution in [0.25, 0.3) is 0 Å². The second-order valence-corrected chi connectivity index (χ2v) is 7.56. The second-order valence-electron chi connectivity index (χ2n) is 4.66. The first-order valence-corrected chi connectivity index (χ1v) is 8.92. The van der Waals surface area contributed by atoms with Crippen LogP contribution in [-0.4, -0.2) is 18.2 Å². The van der Waals surface area contributed by atoms with Crippen molar-refractivity contribution in [3.63, 3.8) is 0 Å². The van der Waals surface area contributed by atoms with Crippen LogP contribution in [0.2, 0.25) is 0 Å². The number of carbonyl (C=O) groups excluding carboxylic acids is 1. The van der Waals surface area contributed by atoms with E-state index in [-0.39, 0.29) is 5.91 Å². The fraction of sp³-hybridized carbons (Fsp3) is 0.133. The Morgan fingerprint density at radius 2 is 2.00 bits per heavy atom. The first kappa shape index (κ1) is 14.9. The zero-order valence-corrected chi connectivity index (χ0v) is 15.0. The first-order chi connectivity index (χ1) is 10.1. The number of halogens is 2. The molecular formula is C15H12Br2N2OS. The first-order valence-electron chi connectivity index (χ1n) is 6.35. The number of benzene rings is 2. The predicted molar refractivity (Wildman–Crippen MR) is 95.1 cm³/mol. The summed E-state index contributed by atoms with van der Waals surface area (Å²) in [6.45, 7) is 0.683. The number of nitrogens with zero attached hydrogens (tertiary/aromatic N) is 1. The lowest BCUT2D eigenvalue weighted by molar-refractivity contribution is 0.0987. The lowest BCUT2D eigenvalue weighted by Crippen LogP contribution is -2.35. The van der Waals surface area contributed by atoms with Crippen LogP contribution >= 0.6 is 43.6 Å². The van der Waals surface area contributed by atoms with Crippen LogP contribution in [0.5, 0.6) is 0 Å². The molecule has 6 heteroatoms. The number of thioether (sulfide) groups is 1. The van der Waals surface area contributed by atoms with Gasteiger partial charge in [-0.2, -0.15) is 0 Å². The third kappa shape index (κ3) is 2.98. The quantitative estimate of drug-likeness (QED) is 0.679. The highest BCUT2D eigenvalue weighted by Crippen LogP contribution is 2.37. The van der Waals surface area contributed by atoms with Gasteiger partial charge in [-0.05, 0) is 52.3 Å². The molecule has 2 aromatic carbocycles. The van der Waals surface area contributed by atoms with Crippen molar-refractivity contribution >= 4 is 60.9 Å². The highest BCUT2D eigenvalue weighted by atomic mass is 79.9.